The highest BCUT2D eigenvalue weighted by atomic mass is 19.1. The molecule has 1 aromatic carbocycles. The quantitative estimate of drug-likeness (QED) is 0.525. The minimum absolute atomic E-state index is 0.132. The van der Waals surface area contributed by atoms with Crippen LogP contribution in [-0.4, -0.2) is 33.4 Å². The molecule has 0 aliphatic carbocycles. The van der Waals surface area contributed by atoms with Crippen molar-refractivity contribution >= 4 is 29.4 Å². The molecule has 0 bridgehead atoms. The van der Waals surface area contributed by atoms with Crippen LogP contribution in [0.15, 0.2) is 55.1 Å². The van der Waals surface area contributed by atoms with Crippen LogP contribution in [0.25, 0.3) is 11.3 Å². The van der Waals surface area contributed by atoms with E-state index in [2.05, 4.69) is 20.3 Å². The lowest BCUT2D eigenvalue weighted by molar-refractivity contribution is -0.376. The second-order valence-corrected chi connectivity index (χ2v) is 9.70. The van der Waals surface area contributed by atoms with Gasteiger partial charge in [-0.25, -0.2) is 28.8 Å². The number of benzene rings is 1. The number of anilines is 3. The third kappa shape index (κ3) is 7.46. The average Bonchev–Trinajstić information content (AvgIpc) is 2.72. The lowest BCUT2D eigenvalue weighted by atomic mass is 10.2. The van der Waals surface area contributed by atoms with Crippen LogP contribution in [-0.2, 0) is 9.47 Å². The van der Waals surface area contributed by atoms with E-state index in [0.717, 1.165) is 4.90 Å². The number of nitrogens with one attached hydrogen (secondary N) is 2. The Bertz CT molecular complexity index is 1220. The summed E-state index contributed by atoms with van der Waals surface area (Å²) in [5.74, 6) is -0.386. The van der Waals surface area contributed by atoms with Gasteiger partial charge in [0, 0.05) is 0 Å². The topological polar surface area (TPSA) is 108 Å². The highest BCUT2D eigenvalue weighted by Crippen LogP contribution is 2.28. The Morgan fingerprint density at radius 1 is 1.00 bits per heavy atom. The molecule has 0 aliphatic rings. The molecule has 0 saturated carbocycles. The Hall–Kier alpha value is -4.08. The summed E-state index contributed by atoms with van der Waals surface area (Å²) in [6.07, 6.45) is 4.79. The number of hydrogen-bond acceptors (Lipinski definition) is 6. The van der Waals surface area contributed by atoms with Crippen molar-refractivity contribution in [2.24, 2.45) is 0 Å². The van der Waals surface area contributed by atoms with Crippen molar-refractivity contribution in [1.29, 1.82) is 0 Å². The second-order valence-electron chi connectivity index (χ2n) is 9.70. The number of amides is 2. The fourth-order valence-electron chi connectivity index (χ4n) is 2.97. The Morgan fingerprint density at radius 2 is 1.71 bits per heavy atom. The van der Waals surface area contributed by atoms with Gasteiger partial charge in [-0.3, -0.25) is 10.3 Å². The summed E-state index contributed by atoms with van der Waals surface area (Å²) in [5.41, 5.74) is 0.223. The first-order valence-corrected chi connectivity index (χ1v) is 10.9. The van der Waals surface area contributed by atoms with E-state index in [0.29, 0.717) is 16.9 Å². The third-order valence-electron chi connectivity index (χ3n) is 4.22. The van der Waals surface area contributed by atoms with E-state index < -0.39 is 29.2 Å². The summed E-state index contributed by atoms with van der Waals surface area (Å²) in [6, 6.07) is 7.21. The molecule has 2 N–H and O–H groups in total. The number of pyridine rings is 1. The molecule has 2 heterocycles. The monoisotopic (exact) mass is 482 g/mol. The molecule has 0 radical (unpaired) electrons. The van der Waals surface area contributed by atoms with Crippen LogP contribution in [0.4, 0.5) is 31.2 Å². The minimum Gasteiger partial charge on any atom is -0.444 e. The largest absolute Gasteiger partial charge is 0.444 e. The number of ether oxygens (including phenoxy) is 2. The summed E-state index contributed by atoms with van der Waals surface area (Å²) >= 11 is 0. The molecular weight excluding hydrogens is 453 g/mol. The van der Waals surface area contributed by atoms with Crippen molar-refractivity contribution in [3.8, 4) is 11.3 Å². The number of carbonyl (C=O) groups excluding carboxylic acids is 2. The van der Waals surface area contributed by atoms with Crippen molar-refractivity contribution in [2.45, 2.75) is 52.7 Å². The summed E-state index contributed by atoms with van der Waals surface area (Å²) in [5, 5.41) is 2.66. The molecule has 0 atom stereocenters. The van der Waals surface area contributed by atoms with Crippen LogP contribution in [0.1, 0.15) is 41.5 Å². The molecule has 35 heavy (non-hydrogen) atoms. The van der Waals surface area contributed by atoms with Gasteiger partial charge in [-0.2, -0.15) is 0 Å². The molecule has 9 nitrogen and oxygen atoms in total. The molecule has 0 aliphatic heterocycles. The molecule has 0 saturated heterocycles. The van der Waals surface area contributed by atoms with E-state index in [9.17, 15) is 14.0 Å². The molecular formula is C25H29FN5O4+. The summed E-state index contributed by atoms with van der Waals surface area (Å²) in [6.45, 7) is 10.5. The molecule has 0 fully saturated rings. The summed E-state index contributed by atoms with van der Waals surface area (Å²) < 4.78 is 24.8. The van der Waals surface area contributed by atoms with E-state index in [1.165, 1.54) is 30.6 Å². The number of aromatic amines is 1. The maximum absolute atomic E-state index is 14.0. The van der Waals surface area contributed by atoms with Crippen LogP contribution in [0, 0.1) is 5.82 Å². The first-order chi connectivity index (χ1) is 16.3. The Labute approximate surface area is 203 Å². The first-order valence-electron chi connectivity index (χ1n) is 10.9. The van der Waals surface area contributed by atoms with Gasteiger partial charge in [-0.1, -0.05) is 6.07 Å². The first kappa shape index (κ1) is 25.5. The molecule has 0 unspecified atom stereocenters. The molecule has 2 amide bonds. The zero-order valence-electron chi connectivity index (χ0n) is 20.5. The van der Waals surface area contributed by atoms with Crippen molar-refractivity contribution in [3.63, 3.8) is 0 Å². The predicted octanol–water partition coefficient (Wildman–Crippen LogP) is 5.52. The fourth-order valence-corrected chi connectivity index (χ4v) is 2.97. The number of carbonyl (C=O) groups is 2. The highest BCUT2D eigenvalue weighted by molar-refractivity contribution is 5.95. The highest BCUT2D eigenvalue weighted by Gasteiger charge is 2.27. The fraction of sp³-hybridized carbons (Fsp3) is 0.320. The Morgan fingerprint density at radius 3 is 2.37 bits per heavy atom. The van der Waals surface area contributed by atoms with Crippen LogP contribution in [0.5, 0.6) is 0 Å². The zero-order chi connectivity index (χ0) is 25.8. The molecule has 184 valence electrons. The number of hydrogen-bond donors (Lipinski definition) is 1. The van der Waals surface area contributed by atoms with Gasteiger partial charge in [-0.15, -0.1) is 0 Å². The normalized spacial score (nSPS) is 11.5. The van der Waals surface area contributed by atoms with Crippen molar-refractivity contribution in [2.75, 3.05) is 10.2 Å². The van der Waals surface area contributed by atoms with Crippen LogP contribution >= 0.6 is 0 Å². The number of aromatic nitrogens is 3. The van der Waals surface area contributed by atoms with E-state index in [1.807, 2.05) is 0 Å². The Kier molecular flexibility index (Phi) is 7.33. The Balaban J connectivity index is 1.96. The van der Waals surface area contributed by atoms with Crippen LogP contribution < -0.4 is 15.2 Å². The average molecular weight is 483 g/mol. The van der Waals surface area contributed by atoms with Gasteiger partial charge in [0.05, 0.1) is 29.3 Å². The van der Waals surface area contributed by atoms with Crippen molar-refractivity contribution in [3.05, 3.63) is 60.9 Å². The van der Waals surface area contributed by atoms with Gasteiger partial charge in [0.15, 0.2) is 18.2 Å². The van der Waals surface area contributed by atoms with E-state index in [-0.39, 0.29) is 11.5 Å². The lowest BCUT2D eigenvalue weighted by Crippen LogP contribution is -2.34. The van der Waals surface area contributed by atoms with Gasteiger partial charge in [0.25, 0.3) is 0 Å². The maximum atomic E-state index is 14.0. The SMILES string of the molecule is CC(C)(C)OC(=O)Nc1c[nH+]cc(-c2cncc(N(C(=O)OC(C)(C)C)c3cccc(F)c3)n2)c1. The number of H-pyrrole nitrogens is 1. The van der Waals surface area contributed by atoms with E-state index >= 15 is 0 Å². The summed E-state index contributed by atoms with van der Waals surface area (Å²) in [4.78, 5) is 38.1. The third-order valence-corrected chi connectivity index (χ3v) is 4.22. The molecule has 2 aromatic heterocycles. The van der Waals surface area contributed by atoms with Crippen LogP contribution in [0.2, 0.25) is 0 Å². The van der Waals surface area contributed by atoms with Crippen LogP contribution in [0.3, 0.4) is 0 Å². The van der Waals surface area contributed by atoms with Gasteiger partial charge in [0.2, 0.25) is 0 Å². The van der Waals surface area contributed by atoms with Gasteiger partial charge >= 0.3 is 12.2 Å². The van der Waals surface area contributed by atoms with Gasteiger partial charge in [-0.05, 0) is 65.8 Å². The maximum Gasteiger partial charge on any atom is 0.420 e. The van der Waals surface area contributed by atoms with E-state index in [1.54, 1.807) is 66.1 Å². The minimum atomic E-state index is -0.787. The second kappa shape index (κ2) is 10.0. The zero-order valence-corrected chi connectivity index (χ0v) is 20.5. The molecule has 0 spiro atoms. The standard InChI is InChI=1S/C25H28FN5O4/c1-24(2,3)34-22(32)29-18-10-16(12-27-13-18)20-14-28-15-21(30-20)31(23(33)35-25(4,5)6)19-9-7-8-17(26)11-19/h7-15H,1-6H3,(H,29,32)/p+1. The summed E-state index contributed by atoms with van der Waals surface area (Å²) in [7, 11) is 0. The van der Waals surface area contributed by atoms with Crippen molar-refractivity contribution < 1.29 is 28.4 Å². The van der Waals surface area contributed by atoms with Crippen molar-refractivity contribution in [1.82, 2.24) is 9.97 Å². The smallest absolute Gasteiger partial charge is 0.420 e. The van der Waals surface area contributed by atoms with Gasteiger partial charge in [0.1, 0.15) is 22.7 Å². The van der Waals surface area contributed by atoms with E-state index in [4.69, 9.17) is 9.47 Å². The number of rotatable bonds is 4. The number of nitrogens with zero attached hydrogens (tertiary/aromatic N) is 3. The lowest BCUT2D eigenvalue weighted by Gasteiger charge is -2.26. The van der Waals surface area contributed by atoms with Gasteiger partial charge < -0.3 is 9.47 Å². The molecule has 3 rings (SSSR count). The number of halogens is 1. The predicted molar refractivity (Wildman–Crippen MR) is 129 cm³/mol. The molecule has 10 heteroatoms. The molecule has 3 aromatic rings.